The summed E-state index contributed by atoms with van der Waals surface area (Å²) in [6.45, 7) is 10.5. The zero-order valence-corrected chi connectivity index (χ0v) is 19.7. The van der Waals surface area contributed by atoms with Gasteiger partial charge in [-0.3, -0.25) is 0 Å². The SMILES string of the molecule is CCCSc1nc(N(C(C)C)C(C)C)c2nnn(C3CC(OCCO)C(O)C3O)c2n1. The molecule has 0 amide bonds. The van der Waals surface area contributed by atoms with Crippen LogP contribution in [0.2, 0.25) is 0 Å². The van der Waals surface area contributed by atoms with Gasteiger partial charge in [0.05, 0.1) is 25.4 Å². The Morgan fingerprint density at radius 3 is 2.48 bits per heavy atom. The first-order valence-corrected chi connectivity index (χ1v) is 11.9. The Morgan fingerprint density at radius 1 is 1.16 bits per heavy atom. The van der Waals surface area contributed by atoms with E-state index in [1.807, 2.05) is 0 Å². The molecule has 0 spiro atoms. The second kappa shape index (κ2) is 10.4. The predicted octanol–water partition coefficient (Wildman–Crippen LogP) is 1.39. The molecule has 1 fully saturated rings. The molecule has 4 unspecified atom stereocenters. The Hall–Kier alpha value is -1.53. The Labute approximate surface area is 187 Å². The summed E-state index contributed by atoms with van der Waals surface area (Å²) in [6, 6.07) is -0.146. The molecular weight excluding hydrogens is 420 g/mol. The molecule has 1 aliphatic rings. The Balaban J connectivity index is 2.07. The number of fused-ring (bicyclic) bond motifs is 1. The van der Waals surface area contributed by atoms with Gasteiger partial charge in [0, 0.05) is 24.3 Å². The molecule has 174 valence electrons. The zero-order chi connectivity index (χ0) is 22.7. The highest BCUT2D eigenvalue weighted by atomic mass is 32.2. The van der Waals surface area contributed by atoms with E-state index in [0.29, 0.717) is 22.7 Å². The number of aliphatic hydroxyl groups is 3. The molecule has 0 bridgehead atoms. The lowest BCUT2D eigenvalue weighted by molar-refractivity contribution is -0.0629. The minimum absolute atomic E-state index is 0.0983. The summed E-state index contributed by atoms with van der Waals surface area (Å²) in [5.41, 5.74) is 1.11. The topological polar surface area (TPSA) is 130 Å². The molecule has 2 aromatic rings. The fraction of sp³-hybridized carbons (Fsp3) is 0.800. The molecule has 2 heterocycles. The van der Waals surface area contributed by atoms with Gasteiger partial charge in [0.15, 0.2) is 22.1 Å². The molecule has 31 heavy (non-hydrogen) atoms. The molecule has 0 saturated heterocycles. The van der Waals surface area contributed by atoms with E-state index in [1.165, 1.54) is 0 Å². The van der Waals surface area contributed by atoms with Crippen LogP contribution in [-0.4, -0.2) is 89.6 Å². The van der Waals surface area contributed by atoms with E-state index in [4.69, 9.17) is 19.8 Å². The summed E-state index contributed by atoms with van der Waals surface area (Å²) in [5, 5.41) is 39.5. The largest absolute Gasteiger partial charge is 0.394 e. The quantitative estimate of drug-likeness (QED) is 0.358. The van der Waals surface area contributed by atoms with Crippen LogP contribution in [0.5, 0.6) is 0 Å². The lowest BCUT2D eigenvalue weighted by Crippen LogP contribution is -2.38. The van der Waals surface area contributed by atoms with Crippen molar-refractivity contribution in [2.45, 2.75) is 89.1 Å². The van der Waals surface area contributed by atoms with E-state index in [2.05, 4.69) is 49.8 Å². The first-order chi connectivity index (χ1) is 14.8. The molecule has 3 N–H and O–H groups in total. The minimum Gasteiger partial charge on any atom is -0.394 e. The van der Waals surface area contributed by atoms with Crippen molar-refractivity contribution in [3.8, 4) is 0 Å². The number of aromatic nitrogens is 5. The van der Waals surface area contributed by atoms with Gasteiger partial charge in [-0.25, -0.2) is 14.6 Å². The van der Waals surface area contributed by atoms with Crippen molar-refractivity contribution < 1.29 is 20.1 Å². The molecule has 1 aliphatic carbocycles. The number of aliphatic hydroxyl groups excluding tert-OH is 3. The van der Waals surface area contributed by atoms with Crippen molar-refractivity contribution in [2.75, 3.05) is 23.9 Å². The number of nitrogens with zero attached hydrogens (tertiary/aromatic N) is 6. The van der Waals surface area contributed by atoms with Crippen LogP contribution in [0.15, 0.2) is 5.16 Å². The van der Waals surface area contributed by atoms with E-state index < -0.39 is 24.4 Å². The Bertz CT molecular complexity index is 856. The minimum atomic E-state index is -1.08. The first kappa shape index (κ1) is 24.1. The second-order valence-corrected chi connectivity index (χ2v) is 9.46. The summed E-state index contributed by atoms with van der Waals surface area (Å²) in [7, 11) is 0. The van der Waals surface area contributed by atoms with Crippen molar-refractivity contribution in [1.29, 1.82) is 0 Å². The van der Waals surface area contributed by atoms with E-state index in [1.54, 1.807) is 16.4 Å². The van der Waals surface area contributed by atoms with E-state index in [-0.39, 0.29) is 25.3 Å². The van der Waals surface area contributed by atoms with E-state index in [0.717, 1.165) is 18.0 Å². The van der Waals surface area contributed by atoms with Gasteiger partial charge < -0.3 is 25.0 Å². The number of thioether (sulfide) groups is 1. The smallest absolute Gasteiger partial charge is 0.191 e. The molecule has 0 aromatic carbocycles. The van der Waals surface area contributed by atoms with Crippen LogP contribution in [0.4, 0.5) is 5.82 Å². The second-order valence-electron chi connectivity index (χ2n) is 8.40. The Kier molecular flexibility index (Phi) is 8.08. The molecule has 1 saturated carbocycles. The molecule has 4 atom stereocenters. The van der Waals surface area contributed by atoms with Crippen molar-refractivity contribution in [3.05, 3.63) is 0 Å². The van der Waals surface area contributed by atoms with Gasteiger partial charge in [0.2, 0.25) is 0 Å². The maximum absolute atomic E-state index is 10.7. The van der Waals surface area contributed by atoms with Gasteiger partial charge in [-0.1, -0.05) is 23.9 Å². The number of hydrogen-bond donors (Lipinski definition) is 3. The van der Waals surface area contributed by atoms with Crippen LogP contribution in [0.3, 0.4) is 0 Å². The first-order valence-electron chi connectivity index (χ1n) is 10.9. The van der Waals surface area contributed by atoms with Gasteiger partial charge in [-0.05, 0) is 34.1 Å². The third-order valence-corrected chi connectivity index (χ3v) is 6.47. The molecule has 2 aromatic heterocycles. The summed E-state index contributed by atoms with van der Waals surface area (Å²) in [6.07, 6.45) is -1.41. The molecular formula is C20H34N6O4S. The Morgan fingerprint density at radius 2 is 1.87 bits per heavy atom. The van der Waals surface area contributed by atoms with Crippen molar-refractivity contribution in [1.82, 2.24) is 25.0 Å². The van der Waals surface area contributed by atoms with Crippen LogP contribution in [0.25, 0.3) is 11.2 Å². The maximum atomic E-state index is 10.7. The average molecular weight is 455 g/mol. The lowest BCUT2D eigenvalue weighted by Gasteiger charge is -2.32. The van der Waals surface area contributed by atoms with Gasteiger partial charge >= 0.3 is 0 Å². The zero-order valence-electron chi connectivity index (χ0n) is 18.8. The highest BCUT2D eigenvalue weighted by Crippen LogP contribution is 2.36. The van der Waals surface area contributed by atoms with Gasteiger partial charge in [0.1, 0.15) is 12.2 Å². The average Bonchev–Trinajstić information content (AvgIpc) is 3.26. The molecule has 10 nitrogen and oxygen atoms in total. The monoisotopic (exact) mass is 454 g/mol. The number of ether oxygens (including phenoxy) is 1. The lowest BCUT2D eigenvalue weighted by atomic mass is 10.2. The normalized spacial score (nSPS) is 24.1. The molecule has 11 heteroatoms. The van der Waals surface area contributed by atoms with Crippen LogP contribution in [0.1, 0.15) is 53.5 Å². The standard InChI is InChI=1S/C20H34N6O4S/c1-6-9-31-20-21-18(25(11(2)3)12(4)5)15-19(22-20)26(24-23-15)13-10-14(30-8-7-27)17(29)16(13)28/h11-14,16-17,27-29H,6-10H2,1-5H3. The number of anilines is 1. The predicted molar refractivity (Wildman–Crippen MR) is 119 cm³/mol. The van der Waals surface area contributed by atoms with Crippen LogP contribution >= 0.6 is 11.8 Å². The third kappa shape index (κ3) is 4.95. The van der Waals surface area contributed by atoms with E-state index in [9.17, 15) is 10.2 Å². The summed E-state index contributed by atoms with van der Waals surface area (Å²) in [5.74, 6) is 1.61. The van der Waals surface area contributed by atoms with Gasteiger partial charge in [0.25, 0.3) is 0 Å². The fourth-order valence-corrected chi connectivity index (χ4v) is 4.81. The number of hydrogen-bond acceptors (Lipinski definition) is 10. The summed E-state index contributed by atoms with van der Waals surface area (Å²) in [4.78, 5) is 11.7. The van der Waals surface area contributed by atoms with Crippen molar-refractivity contribution in [2.24, 2.45) is 0 Å². The molecule has 3 rings (SSSR count). The van der Waals surface area contributed by atoms with E-state index >= 15 is 0 Å². The fourth-order valence-electron chi connectivity index (χ4n) is 4.12. The highest BCUT2D eigenvalue weighted by Gasteiger charge is 2.44. The maximum Gasteiger partial charge on any atom is 0.191 e. The number of rotatable bonds is 10. The van der Waals surface area contributed by atoms with Crippen molar-refractivity contribution >= 4 is 28.7 Å². The molecule has 0 radical (unpaired) electrons. The highest BCUT2D eigenvalue weighted by molar-refractivity contribution is 7.99. The summed E-state index contributed by atoms with van der Waals surface area (Å²) < 4.78 is 7.10. The van der Waals surface area contributed by atoms with Crippen molar-refractivity contribution in [3.63, 3.8) is 0 Å². The van der Waals surface area contributed by atoms with Gasteiger partial charge in [-0.2, -0.15) is 0 Å². The van der Waals surface area contributed by atoms with Crippen LogP contribution in [-0.2, 0) is 4.74 Å². The molecule has 0 aliphatic heterocycles. The van der Waals surface area contributed by atoms with Crippen LogP contribution in [0, 0.1) is 0 Å². The van der Waals surface area contributed by atoms with Crippen LogP contribution < -0.4 is 4.90 Å². The summed E-state index contributed by atoms with van der Waals surface area (Å²) >= 11 is 1.58. The third-order valence-electron chi connectivity index (χ3n) is 5.41. The van der Waals surface area contributed by atoms with Gasteiger partial charge in [-0.15, -0.1) is 5.10 Å².